The van der Waals surface area contributed by atoms with Gasteiger partial charge in [0.15, 0.2) is 11.6 Å². The molecule has 3 N–H and O–H groups in total. The number of ether oxygens (including phenoxy) is 1. The molecular formula is C14H20FNO2. The molecule has 100 valence electrons. The van der Waals surface area contributed by atoms with E-state index < -0.39 is 11.4 Å². The summed E-state index contributed by atoms with van der Waals surface area (Å²) in [7, 11) is 0. The van der Waals surface area contributed by atoms with E-state index in [1.54, 1.807) is 19.1 Å². The van der Waals surface area contributed by atoms with Gasteiger partial charge in [0.1, 0.15) is 6.61 Å². The minimum Gasteiger partial charge on any atom is -0.488 e. The molecule has 1 aliphatic carbocycles. The van der Waals surface area contributed by atoms with E-state index in [2.05, 4.69) is 0 Å². The molecule has 18 heavy (non-hydrogen) atoms. The first-order valence-corrected chi connectivity index (χ1v) is 6.40. The Morgan fingerprint density at radius 3 is 2.67 bits per heavy atom. The lowest BCUT2D eigenvalue weighted by Crippen LogP contribution is -2.32. The van der Waals surface area contributed by atoms with Gasteiger partial charge in [-0.3, -0.25) is 0 Å². The first kappa shape index (κ1) is 13.3. The smallest absolute Gasteiger partial charge is 0.165 e. The highest BCUT2D eigenvalue weighted by molar-refractivity contribution is 5.30. The van der Waals surface area contributed by atoms with E-state index >= 15 is 0 Å². The van der Waals surface area contributed by atoms with Crippen molar-refractivity contribution in [3.05, 3.63) is 29.6 Å². The molecule has 3 nitrogen and oxygen atoms in total. The van der Waals surface area contributed by atoms with Crippen LogP contribution in [-0.2, 0) is 0 Å². The summed E-state index contributed by atoms with van der Waals surface area (Å²) in [6.07, 6.45) is 3.47. The van der Waals surface area contributed by atoms with Crippen LogP contribution in [0.1, 0.15) is 44.2 Å². The Bertz CT molecular complexity index is 414. The van der Waals surface area contributed by atoms with E-state index in [9.17, 15) is 9.50 Å². The van der Waals surface area contributed by atoms with Crippen LogP contribution in [0.3, 0.4) is 0 Å². The summed E-state index contributed by atoms with van der Waals surface area (Å²) in [6, 6.07) is 4.51. The quantitative estimate of drug-likeness (QED) is 0.867. The molecule has 0 saturated heterocycles. The van der Waals surface area contributed by atoms with Gasteiger partial charge in [-0.2, -0.15) is 0 Å². The van der Waals surface area contributed by atoms with Gasteiger partial charge >= 0.3 is 0 Å². The summed E-state index contributed by atoms with van der Waals surface area (Å²) < 4.78 is 19.1. The standard InChI is InChI=1S/C14H20FNO2/c1-10(16)11-4-5-13(12(15)8-11)18-9-14(17)6-2-3-7-14/h4-5,8,10,17H,2-3,6-7,9,16H2,1H3/t10-/m1/s1. The number of hydrogen-bond acceptors (Lipinski definition) is 3. The Hall–Kier alpha value is -1.13. The molecule has 2 rings (SSSR count). The molecule has 0 unspecified atom stereocenters. The zero-order valence-electron chi connectivity index (χ0n) is 10.7. The second-order valence-electron chi connectivity index (χ2n) is 5.20. The van der Waals surface area contributed by atoms with Crippen molar-refractivity contribution in [2.75, 3.05) is 6.61 Å². The summed E-state index contributed by atoms with van der Waals surface area (Å²) in [6.45, 7) is 1.96. The molecule has 0 radical (unpaired) electrons. The third-order valence-electron chi connectivity index (χ3n) is 3.51. The van der Waals surface area contributed by atoms with Gasteiger partial charge in [-0.1, -0.05) is 18.9 Å². The van der Waals surface area contributed by atoms with Crippen LogP contribution < -0.4 is 10.5 Å². The summed E-state index contributed by atoms with van der Waals surface area (Å²) in [5.41, 5.74) is 5.63. The molecule has 0 amide bonds. The summed E-state index contributed by atoms with van der Waals surface area (Å²) >= 11 is 0. The second kappa shape index (κ2) is 5.24. The predicted molar refractivity (Wildman–Crippen MR) is 67.9 cm³/mol. The monoisotopic (exact) mass is 253 g/mol. The largest absolute Gasteiger partial charge is 0.488 e. The highest BCUT2D eigenvalue weighted by Crippen LogP contribution is 2.30. The topological polar surface area (TPSA) is 55.5 Å². The van der Waals surface area contributed by atoms with Crippen molar-refractivity contribution in [2.24, 2.45) is 5.73 Å². The van der Waals surface area contributed by atoms with Crippen LogP contribution in [0.25, 0.3) is 0 Å². The van der Waals surface area contributed by atoms with Crippen molar-refractivity contribution >= 4 is 0 Å². The molecule has 1 saturated carbocycles. The van der Waals surface area contributed by atoms with Gasteiger partial charge in [-0.05, 0) is 37.5 Å². The van der Waals surface area contributed by atoms with E-state index in [4.69, 9.17) is 10.5 Å². The zero-order valence-corrected chi connectivity index (χ0v) is 10.7. The van der Waals surface area contributed by atoms with Gasteiger partial charge < -0.3 is 15.6 Å². The van der Waals surface area contributed by atoms with Crippen molar-refractivity contribution in [3.8, 4) is 5.75 Å². The van der Waals surface area contributed by atoms with Gasteiger partial charge in [-0.15, -0.1) is 0 Å². The molecule has 0 aromatic heterocycles. The molecule has 1 aliphatic rings. The highest BCUT2D eigenvalue weighted by atomic mass is 19.1. The van der Waals surface area contributed by atoms with E-state index in [0.717, 1.165) is 31.2 Å². The number of aliphatic hydroxyl groups is 1. The first-order chi connectivity index (χ1) is 8.50. The Morgan fingerprint density at radius 1 is 1.44 bits per heavy atom. The molecule has 1 aromatic carbocycles. The van der Waals surface area contributed by atoms with Gasteiger partial charge in [-0.25, -0.2) is 4.39 Å². The van der Waals surface area contributed by atoms with Crippen LogP contribution in [0.5, 0.6) is 5.75 Å². The van der Waals surface area contributed by atoms with E-state index in [0.29, 0.717) is 0 Å². The lowest BCUT2D eigenvalue weighted by molar-refractivity contribution is 0.000323. The number of nitrogens with two attached hydrogens (primary N) is 1. The van der Waals surface area contributed by atoms with Gasteiger partial charge in [0.25, 0.3) is 0 Å². The van der Waals surface area contributed by atoms with Crippen LogP contribution in [0.15, 0.2) is 18.2 Å². The minimum absolute atomic E-state index is 0.154. The normalized spacial score (nSPS) is 19.8. The third-order valence-corrected chi connectivity index (χ3v) is 3.51. The number of hydrogen-bond donors (Lipinski definition) is 2. The molecule has 4 heteroatoms. The van der Waals surface area contributed by atoms with Gasteiger partial charge in [0.05, 0.1) is 5.60 Å². The van der Waals surface area contributed by atoms with Crippen LogP contribution >= 0.6 is 0 Å². The fourth-order valence-electron chi connectivity index (χ4n) is 2.31. The van der Waals surface area contributed by atoms with E-state index in [-0.39, 0.29) is 18.4 Å². The van der Waals surface area contributed by atoms with Crippen LogP contribution in [0.4, 0.5) is 4.39 Å². The average Bonchev–Trinajstić information content (AvgIpc) is 2.75. The number of benzene rings is 1. The van der Waals surface area contributed by atoms with Crippen LogP contribution in [-0.4, -0.2) is 17.3 Å². The fraction of sp³-hybridized carbons (Fsp3) is 0.571. The fourth-order valence-corrected chi connectivity index (χ4v) is 2.31. The third kappa shape index (κ3) is 3.00. The van der Waals surface area contributed by atoms with Crippen molar-refractivity contribution in [3.63, 3.8) is 0 Å². The van der Waals surface area contributed by atoms with Crippen LogP contribution in [0.2, 0.25) is 0 Å². The van der Waals surface area contributed by atoms with Crippen molar-refractivity contribution in [1.82, 2.24) is 0 Å². The molecule has 0 spiro atoms. The molecule has 1 fully saturated rings. The molecule has 1 atom stereocenters. The summed E-state index contributed by atoms with van der Waals surface area (Å²) in [5.74, 6) is -0.244. The molecule has 0 bridgehead atoms. The summed E-state index contributed by atoms with van der Waals surface area (Å²) in [5, 5.41) is 10.1. The predicted octanol–water partition coefficient (Wildman–Crippen LogP) is 2.53. The Kier molecular flexibility index (Phi) is 3.88. The first-order valence-electron chi connectivity index (χ1n) is 6.40. The van der Waals surface area contributed by atoms with E-state index in [1.807, 2.05) is 0 Å². The number of rotatable bonds is 4. The Morgan fingerprint density at radius 2 is 2.11 bits per heavy atom. The zero-order chi connectivity index (χ0) is 13.2. The molecule has 0 aliphatic heterocycles. The van der Waals surface area contributed by atoms with Crippen molar-refractivity contribution in [2.45, 2.75) is 44.2 Å². The maximum absolute atomic E-state index is 13.7. The number of halogens is 1. The summed E-state index contributed by atoms with van der Waals surface area (Å²) in [4.78, 5) is 0. The Labute approximate surface area is 107 Å². The average molecular weight is 253 g/mol. The minimum atomic E-state index is -0.785. The molecular weight excluding hydrogens is 233 g/mol. The SMILES string of the molecule is C[C@@H](N)c1ccc(OCC2(O)CCCC2)c(F)c1. The van der Waals surface area contributed by atoms with Crippen molar-refractivity contribution in [1.29, 1.82) is 0 Å². The van der Waals surface area contributed by atoms with Gasteiger partial charge in [0, 0.05) is 6.04 Å². The van der Waals surface area contributed by atoms with Crippen LogP contribution in [0, 0.1) is 5.82 Å². The maximum Gasteiger partial charge on any atom is 0.165 e. The molecule has 1 aromatic rings. The lowest BCUT2D eigenvalue weighted by atomic mass is 10.0. The highest BCUT2D eigenvalue weighted by Gasteiger charge is 2.32. The van der Waals surface area contributed by atoms with Gasteiger partial charge in [0.2, 0.25) is 0 Å². The maximum atomic E-state index is 13.7. The van der Waals surface area contributed by atoms with Crippen molar-refractivity contribution < 1.29 is 14.2 Å². The molecule has 0 heterocycles. The second-order valence-corrected chi connectivity index (χ2v) is 5.20. The van der Waals surface area contributed by atoms with E-state index in [1.165, 1.54) is 6.07 Å². The lowest BCUT2D eigenvalue weighted by Gasteiger charge is -2.22. The Balaban J connectivity index is 2.01.